The summed E-state index contributed by atoms with van der Waals surface area (Å²) in [5.41, 5.74) is 5.37. The molecule has 0 rings (SSSR count). The van der Waals surface area contributed by atoms with E-state index in [0.29, 0.717) is 6.54 Å². The summed E-state index contributed by atoms with van der Waals surface area (Å²) in [5, 5.41) is 8.52. The lowest BCUT2D eigenvalue weighted by molar-refractivity contribution is 0.233. The predicted molar refractivity (Wildman–Crippen MR) is 57.4 cm³/mol. The zero-order valence-electron chi connectivity index (χ0n) is 7.53. The molecule has 0 aromatic carbocycles. The van der Waals surface area contributed by atoms with E-state index >= 15 is 0 Å². The molecular formula is C7H20Cl2N2O. The molecule has 0 spiro atoms. The maximum atomic E-state index is 8.52. The van der Waals surface area contributed by atoms with Gasteiger partial charge in [-0.05, 0) is 13.0 Å². The van der Waals surface area contributed by atoms with Crippen LogP contribution < -0.4 is 5.73 Å². The topological polar surface area (TPSA) is 49.5 Å². The van der Waals surface area contributed by atoms with Gasteiger partial charge in [0.05, 0.1) is 0 Å². The van der Waals surface area contributed by atoms with E-state index < -0.39 is 0 Å². The van der Waals surface area contributed by atoms with Crippen LogP contribution in [-0.2, 0) is 0 Å². The number of halogens is 2. The van der Waals surface area contributed by atoms with Crippen LogP contribution in [0.5, 0.6) is 0 Å². The first-order valence-corrected chi connectivity index (χ1v) is 3.88. The molecule has 0 heterocycles. The van der Waals surface area contributed by atoms with Crippen molar-refractivity contribution in [2.45, 2.75) is 13.3 Å². The van der Waals surface area contributed by atoms with Gasteiger partial charge in [-0.2, -0.15) is 0 Å². The van der Waals surface area contributed by atoms with Gasteiger partial charge in [-0.25, -0.2) is 0 Å². The van der Waals surface area contributed by atoms with Gasteiger partial charge < -0.3 is 15.7 Å². The second kappa shape index (κ2) is 14.0. The van der Waals surface area contributed by atoms with E-state index in [1.54, 1.807) is 0 Å². The van der Waals surface area contributed by atoms with Gasteiger partial charge in [0.1, 0.15) is 0 Å². The molecule has 0 amide bonds. The highest BCUT2D eigenvalue weighted by Gasteiger charge is 1.97. The lowest BCUT2D eigenvalue weighted by Crippen LogP contribution is -2.30. The number of hydrogen-bond acceptors (Lipinski definition) is 3. The van der Waals surface area contributed by atoms with Gasteiger partial charge >= 0.3 is 0 Å². The summed E-state index contributed by atoms with van der Waals surface area (Å²) in [6.07, 6.45) is 0.855. The molecule has 0 radical (unpaired) electrons. The SMILES string of the molecule is CCN(CCN)CCCO.Cl.Cl. The molecule has 78 valence electrons. The lowest BCUT2D eigenvalue weighted by Gasteiger charge is -2.18. The molecule has 3 N–H and O–H groups in total. The van der Waals surface area contributed by atoms with E-state index in [9.17, 15) is 0 Å². The fraction of sp³-hybridized carbons (Fsp3) is 1.00. The van der Waals surface area contributed by atoms with Crippen molar-refractivity contribution in [3.8, 4) is 0 Å². The van der Waals surface area contributed by atoms with Crippen LogP contribution in [0.15, 0.2) is 0 Å². The summed E-state index contributed by atoms with van der Waals surface area (Å²) in [6.45, 7) is 6.02. The molecule has 0 aromatic rings. The van der Waals surface area contributed by atoms with Crippen molar-refractivity contribution in [1.82, 2.24) is 4.90 Å². The quantitative estimate of drug-likeness (QED) is 0.683. The molecular weight excluding hydrogens is 199 g/mol. The van der Waals surface area contributed by atoms with Gasteiger partial charge in [0, 0.05) is 26.2 Å². The molecule has 0 unspecified atom stereocenters. The van der Waals surface area contributed by atoms with Crippen LogP contribution >= 0.6 is 24.8 Å². The molecule has 12 heavy (non-hydrogen) atoms. The third kappa shape index (κ3) is 10.5. The Hall–Kier alpha value is 0.460. The molecule has 0 fully saturated rings. The largest absolute Gasteiger partial charge is 0.396 e. The first-order valence-electron chi connectivity index (χ1n) is 3.88. The third-order valence-corrected chi connectivity index (χ3v) is 1.52. The minimum absolute atomic E-state index is 0. The highest BCUT2D eigenvalue weighted by Crippen LogP contribution is 1.88. The van der Waals surface area contributed by atoms with Gasteiger partial charge in [0.2, 0.25) is 0 Å². The number of nitrogens with two attached hydrogens (primary N) is 1. The molecule has 0 atom stereocenters. The van der Waals surface area contributed by atoms with Crippen LogP contribution in [0, 0.1) is 0 Å². The van der Waals surface area contributed by atoms with Crippen molar-refractivity contribution in [2.75, 3.05) is 32.8 Å². The first kappa shape index (κ1) is 18.3. The highest BCUT2D eigenvalue weighted by molar-refractivity contribution is 5.85. The van der Waals surface area contributed by atoms with E-state index in [0.717, 1.165) is 26.1 Å². The highest BCUT2D eigenvalue weighted by atomic mass is 35.5. The second-order valence-electron chi connectivity index (χ2n) is 2.30. The summed E-state index contributed by atoms with van der Waals surface area (Å²) < 4.78 is 0. The lowest BCUT2D eigenvalue weighted by atomic mass is 10.4. The maximum absolute atomic E-state index is 8.52. The molecule has 0 saturated heterocycles. The van der Waals surface area contributed by atoms with E-state index in [2.05, 4.69) is 11.8 Å². The minimum atomic E-state index is 0. The Kier molecular flexibility index (Phi) is 21.3. The number of nitrogens with zero attached hydrogens (tertiary/aromatic N) is 1. The van der Waals surface area contributed by atoms with Crippen LogP contribution in [0.2, 0.25) is 0 Å². The molecule has 0 saturated carbocycles. The summed E-state index contributed by atoms with van der Waals surface area (Å²) in [6, 6.07) is 0. The third-order valence-electron chi connectivity index (χ3n) is 1.52. The van der Waals surface area contributed by atoms with Crippen LogP contribution in [0.3, 0.4) is 0 Å². The van der Waals surface area contributed by atoms with Gasteiger partial charge in [0.25, 0.3) is 0 Å². The van der Waals surface area contributed by atoms with Crippen LogP contribution in [0.25, 0.3) is 0 Å². The molecule has 0 aliphatic rings. The number of hydrogen-bond donors (Lipinski definition) is 2. The Morgan fingerprint density at radius 1 is 1.25 bits per heavy atom. The van der Waals surface area contributed by atoms with Gasteiger partial charge in [-0.1, -0.05) is 6.92 Å². The Bertz CT molecular complexity index is 76.4. The van der Waals surface area contributed by atoms with Crippen molar-refractivity contribution in [3.05, 3.63) is 0 Å². The van der Waals surface area contributed by atoms with Crippen molar-refractivity contribution in [3.63, 3.8) is 0 Å². The predicted octanol–water partition coefficient (Wildman–Crippen LogP) is 0.493. The number of aliphatic hydroxyl groups excluding tert-OH is 1. The summed E-state index contributed by atoms with van der Waals surface area (Å²) in [7, 11) is 0. The first-order chi connectivity index (χ1) is 4.85. The van der Waals surface area contributed by atoms with Gasteiger partial charge in [0.15, 0.2) is 0 Å². The molecule has 3 nitrogen and oxygen atoms in total. The van der Waals surface area contributed by atoms with Crippen molar-refractivity contribution < 1.29 is 5.11 Å². The zero-order valence-corrected chi connectivity index (χ0v) is 9.16. The molecule has 0 aliphatic heterocycles. The van der Waals surface area contributed by atoms with E-state index in [4.69, 9.17) is 10.8 Å². The Morgan fingerprint density at radius 3 is 2.17 bits per heavy atom. The fourth-order valence-electron chi connectivity index (χ4n) is 0.905. The smallest absolute Gasteiger partial charge is 0.0443 e. The molecule has 0 bridgehead atoms. The van der Waals surface area contributed by atoms with Gasteiger partial charge in [-0.15, -0.1) is 24.8 Å². The minimum Gasteiger partial charge on any atom is -0.396 e. The summed E-state index contributed by atoms with van der Waals surface area (Å²) >= 11 is 0. The number of likely N-dealkylation sites (N-methyl/N-ethyl adjacent to an activating group) is 1. The van der Waals surface area contributed by atoms with Crippen molar-refractivity contribution >= 4 is 24.8 Å². The summed E-state index contributed by atoms with van der Waals surface area (Å²) in [4.78, 5) is 2.23. The van der Waals surface area contributed by atoms with Crippen molar-refractivity contribution in [1.29, 1.82) is 0 Å². The van der Waals surface area contributed by atoms with Gasteiger partial charge in [-0.3, -0.25) is 0 Å². The van der Waals surface area contributed by atoms with Crippen molar-refractivity contribution in [2.24, 2.45) is 5.73 Å². The van der Waals surface area contributed by atoms with Crippen LogP contribution in [0.1, 0.15) is 13.3 Å². The van der Waals surface area contributed by atoms with E-state index in [1.165, 1.54) is 0 Å². The average molecular weight is 219 g/mol. The fourth-order valence-corrected chi connectivity index (χ4v) is 0.905. The normalized spacial score (nSPS) is 9.00. The second-order valence-corrected chi connectivity index (χ2v) is 2.30. The van der Waals surface area contributed by atoms with Crippen LogP contribution in [0.4, 0.5) is 0 Å². The van der Waals surface area contributed by atoms with E-state index in [-0.39, 0.29) is 31.4 Å². The average Bonchev–Trinajstić information content (AvgIpc) is 1.98. The maximum Gasteiger partial charge on any atom is 0.0443 e. The molecule has 0 aliphatic carbocycles. The monoisotopic (exact) mass is 218 g/mol. The Morgan fingerprint density at radius 2 is 1.83 bits per heavy atom. The number of aliphatic hydroxyl groups is 1. The standard InChI is InChI=1S/C7H18N2O.2ClH/c1-2-9(6-4-8)5-3-7-10;;/h10H,2-8H2,1H3;2*1H. The van der Waals surface area contributed by atoms with E-state index in [1.807, 2.05) is 0 Å². The number of rotatable bonds is 6. The summed E-state index contributed by atoms with van der Waals surface area (Å²) in [5.74, 6) is 0. The van der Waals surface area contributed by atoms with Crippen LogP contribution in [-0.4, -0.2) is 42.8 Å². The Balaban J connectivity index is -0.000000405. The molecule has 5 heteroatoms. The Labute approximate surface area is 87.1 Å². The zero-order chi connectivity index (χ0) is 7.82. The molecule has 0 aromatic heterocycles.